The number of ether oxygens (including phenoxy) is 1. The number of para-hydroxylation sites is 1. The SMILES string of the molecule is O=C(O)c1cc2c(Nc3cccc(Oc4ccccc4)c3)ccnn2c1. The van der Waals surface area contributed by atoms with Crippen molar-refractivity contribution in [3.05, 3.63) is 84.7 Å². The molecule has 26 heavy (non-hydrogen) atoms. The van der Waals surface area contributed by atoms with Crippen LogP contribution in [-0.2, 0) is 0 Å². The number of rotatable bonds is 5. The lowest BCUT2D eigenvalue weighted by atomic mass is 10.2. The first kappa shape index (κ1) is 15.7. The lowest BCUT2D eigenvalue weighted by Gasteiger charge is -2.10. The molecule has 0 unspecified atom stereocenters. The third kappa shape index (κ3) is 3.21. The summed E-state index contributed by atoms with van der Waals surface area (Å²) >= 11 is 0. The molecular weight excluding hydrogens is 330 g/mol. The second kappa shape index (κ2) is 6.60. The van der Waals surface area contributed by atoms with Gasteiger partial charge in [-0.3, -0.25) is 0 Å². The first-order chi connectivity index (χ1) is 12.7. The predicted molar refractivity (Wildman–Crippen MR) is 98.4 cm³/mol. The minimum absolute atomic E-state index is 0.188. The van der Waals surface area contributed by atoms with Crippen molar-refractivity contribution in [2.75, 3.05) is 5.32 Å². The van der Waals surface area contributed by atoms with Crippen LogP contribution in [0.3, 0.4) is 0 Å². The van der Waals surface area contributed by atoms with Crippen LogP contribution in [0.15, 0.2) is 79.1 Å². The van der Waals surface area contributed by atoms with E-state index in [-0.39, 0.29) is 5.56 Å². The fourth-order valence-corrected chi connectivity index (χ4v) is 2.65. The van der Waals surface area contributed by atoms with Crippen molar-refractivity contribution >= 4 is 22.9 Å². The van der Waals surface area contributed by atoms with Crippen molar-refractivity contribution < 1.29 is 14.6 Å². The summed E-state index contributed by atoms with van der Waals surface area (Å²) in [5.41, 5.74) is 2.45. The molecule has 0 spiro atoms. The highest BCUT2D eigenvalue weighted by Gasteiger charge is 2.10. The number of fused-ring (bicyclic) bond motifs is 1. The summed E-state index contributed by atoms with van der Waals surface area (Å²) in [5.74, 6) is 0.473. The maximum absolute atomic E-state index is 11.2. The third-order valence-corrected chi connectivity index (χ3v) is 3.85. The van der Waals surface area contributed by atoms with E-state index < -0.39 is 5.97 Å². The average molecular weight is 345 g/mol. The number of aromatic nitrogens is 2. The van der Waals surface area contributed by atoms with E-state index >= 15 is 0 Å². The van der Waals surface area contributed by atoms with Crippen molar-refractivity contribution in [2.45, 2.75) is 0 Å². The van der Waals surface area contributed by atoms with Gasteiger partial charge in [0.1, 0.15) is 11.5 Å². The van der Waals surface area contributed by atoms with Crippen molar-refractivity contribution in [3.8, 4) is 11.5 Å². The maximum Gasteiger partial charge on any atom is 0.337 e. The van der Waals surface area contributed by atoms with Gasteiger partial charge >= 0.3 is 5.97 Å². The molecule has 0 fully saturated rings. The molecule has 2 aromatic carbocycles. The monoisotopic (exact) mass is 345 g/mol. The Kier molecular flexibility index (Phi) is 3.99. The molecule has 2 N–H and O–H groups in total. The molecule has 0 aliphatic carbocycles. The molecule has 0 aliphatic rings. The molecule has 0 saturated carbocycles. The predicted octanol–water partition coefficient (Wildman–Crippen LogP) is 4.57. The second-order valence-electron chi connectivity index (χ2n) is 5.68. The number of benzene rings is 2. The van der Waals surface area contributed by atoms with Crippen LogP contribution in [0, 0.1) is 0 Å². The van der Waals surface area contributed by atoms with E-state index in [9.17, 15) is 4.79 Å². The lowest BCUT2D eigenvalue weighted by Crippen LogP contribution is -1.96. The fourth-order valence-electron chi connectivity index (χ4n) is 2.65. The summed E-state index contributed by atoms with van der Waals surface area (Å²) in [6, 6.07) is 20.5. The summed E-state index contributed by atoms with van der Waals surface area (Å²) < 4.78 is 7.38. The Balaban J connectivity index is 1.62. The van der Waals surface area contributed by atoms with Crippen LogP contribution in [0.5, 0.6) is 11.5 Å². The van der Waals surface area contributed by atoms with Gasteiger partial charge in [0.25, 0.3) is 0 Å². The van der Waals surface area contributed by atoms with Crippen molar-refractivity contribution in [2.24, 2.45) is 0 Å². The molecule has 0 atom stereocenters. The van der Waals surface area contributed by atoms with Crippen molar-refractivity contribution in [1.29, 1.82) is 0 Å². The van der Waals surface area contributed by atoms with Gasteiger partial charge in [0.2, 0.25) is 0 Å². The number of anilines is 2. The van der Waals surface area contributed by atoms with Crippen molar-refractivity contribution in [1.82, 2.24) is 9.61 Å². The van der Waals surface area contributed by atoms with Gasteiger partial charge in [-0.25, -0.2) is 9.31 Å². The van der Waals surface area contributed by atoms with Gasteiger partial charge in [0.05, 0.1) is 16.8 Å². The Morgan fingerprint density at radius 2 is 1.81 bits per heavy atom. The molecule has 0 radical (unpaired) electrons. The highest BCUT2D eigenvalue weighted by atomic mass is 16.5. The Hall–Kier alpha value is -3.80. The smallest absolute Gasteiger partial charge is 0.337 e. The zero-order valence-corrected chi connectivity index (χ0v) is 13.7. The third-order valence-electron chi connectivity index (χ3n) is 3.85. The van der Waals surface area contributed by atoms with Gasteiger partial charge in [-0.1, -0.05) is 24.3 Å². The zero-order chi connectivity index (χ0) is 17.9. The molecule has 4 rings (SSSR count). The Labute approximate surface area is 149 Å². The van der Waals surface area contributed by atoms with Crippen molar-refractivity contribution in [3.63, 3.8) is 0 Å². The number of nitrogens with zero attached hydrogens (tertiary/aromatic N) is 2. The van der Waals surface area contributed by atoms with E-state index in [1.54, 1.807) is 18.3 Å². The number of hydrogen-bond acceptors (Lipinski definition) is 4. The summed E-state index contributed by atoms with van der Waals surface area (Å²) in [6.07, 6.45) is 3.10. The number of aromatic carboxylic acids is 1. The van der Waals surface area contributed by atoms with E-state index in [1.807, 2.05) is 54.6 Å². The van der Waals surface area contributed by atoms with Gasteiger partial charge in [0, 0.05) is 24.1 Å². The van der Waals surface area contributed by atoms with E-state index in [0.29, 0.717) is 11.3 Å². The number of carboxylic acid groups (broad SMARTS) is 1. The van der Waals surface area contributed by atoms with Crippen LogP contribution < -0.4 is 10.1 Å². The minimum Gasteiger partial charge on any atom is -0.478 e. The van der Waals surface area contributed by atoms with Crippen LogP contribution in [0.1, 0.15) is 10.4 Å². The topological polar surface area (TPSA) is 75.9 Å². The van der Waals surface area contributed by atoms with E-state index in [4.69, 9.17) is 9.84 Å². The van der Waals surface area contributed by atoms with Crippen LogP contribution in [0.4, 0.5) is 11.4 Å². The number of carbonyl (C=O) groups is 1. The largest absolute Gasteiger partial charge is 0.478 e. The van der Waals surface area contributed by atoms with Crippen LogP contribution >= 0.6 is 0 Å². The summed E-state index contributed by atoms with van der Waals surface area (Å²) in [4.78, 5) is 11.2. The van der Waals surface area contributed by atoms with E-state index in [1.165, 1.54) is 10.7 Å². The van der Waals surface area contributed by atoms with Crippen LogP contribution in [-0.4, -0.2) is 20.7 Å². The molecular formula is C20H15N3O3. The molecule has 0 aliphatic heterocycles. The second-order valence-corrected chi connectivity index (χ2v) is 5.68. The number of carboxylic acids is 1. The lowest BCUT2D eigenvalue weighted by molar-refractivity contribution is 0.0697. The number of nitrogens with one attached hydrogen (secondary N) is 1. The number of hydrogen-bond donors (Lipinski definition) is 2. The molecule has 6 nitrogen and oxygen atoms in total. The minimum atomic E-state index is -0.986. The molecule has 0 bridgehead atoms. The molecule has 2 heterocycles. The highest BCUT2D eigenvalue weighted by molar-refractivity contribution is 5.91. The maximum atomic E-state index is 11.2. The van der Waals surface area contributed by atoms with Gasteiger partial charge in [-0.05, 0) is 36.4 Å². The van der Waals surface area contributed by atoms with Gasteiger partial charge in [0.15, 0.2) is 0 Å². The molecule has 0 amide bonds. The highest BCUT2D eigenvalue weighted by Crippen LogP contribution is 2.27. The zero-order valence-electron chi connectivity index (χ0n) is 13.7. The van der Waals surface area contributed by atoms with E-state index in [2.05, 4.69) is 10.4 Å². The van der Waals surface area contributed by atoms with Crippen LogP contribution in [0.25, 0.3) is 5.52 Å². The standard InChI is InChI=1S/C20H15N3O3/c24-20(25)14-11-19-18(9-10-21-23(19)13-14)22-15-5-4-8-17(12-15)26-16-6-2-1-3-7-16/h1-13,22H,(H,24,25). The Morgan fingerprint density at radius 1 is 1.00 bits per heavy atom. The van der Waals surface area contributed by atoms with Gasteiger partial charge in [-0.15, -0.1) is 0 Å². The molecule has 2 aromatic heterocycles. The molecule has 0 saturated heterocycles. The Bertz CT molecular complexity index is 1070. The fraction of sp³-hybridized carbons (Fsp3) is 0. The Morgan fingerprint density at radius 3 is 2.62 bits per heavy atom. The summed E-state index contributed by atoms with van der Waals surface area (Å²) in [5, 5.41) is 16.6. The summed E-state index contributed by atoms with van der Waals surface area (Å²) in [7, 11) is 0. The summed E-state index contributed by atoms with van der Waals surface area (Å²) in [6.45, 7) is 0. The normalized spacial score (nSPS) is 10.6. The van der Waals surface area contributed by atoms with Gasteiger partial charge in [-0.2, -0.15) is 5.10 Å². The van der Waals surface area contributed by atoms with Gasteiger partial charge < -0.3 is 15.2 Å². The molecule has 6 heteroatoms. The average Bonchev–Trinajstić information content (AvgIpc) is 3.09. The van der Waals surface area contributed by atoms with E-state index in [0.717, 1.165) is 17.1 Å². The molecule has 4 aromatic rings. The molecule has 128 valence electrons. The first-order valence-corrected chi connectivity index (χ1v) is 8.00. The van der Waals surface area contributed by atoms with Crippen LogP contribution in [0.2, 0.25) is 0 Å². The quantitative estimate of drug-likeness (QED) is 0.554. The first-order valence-electron chi connectivity index (χ1n) is 8.00.